The van der Waals surface area contributed by atoms with E-state index in [1.54, 1.807) is 0 Å². The molecule has 0 aliphatic heterocycles. The average Bonchev–Trinajstić information content (AvgIpc) is 2.45. The minimum absolute atomic E-state index is 0.391. The summed E-state index contributed by atoms with van der Waals surface area (Å²) in [6, 6.07) is 0. The van der Waals surface area contributed by atoms with E-state index < -0.39 is 11.2 Å². The molecule has 0 aromatic heterocycles. The molecule has 0 heterocycles. The van der Waals surface area contributed by atoms with Gasteiger partial charge >= 0.3 is 0 Å². The van der Waals surface area contributed by atoms with Gasteiger partial charge in [0.1, 0.15) is 10.5 Å². The van der Waals surface area contributed by atoms with Crippen LogP contribution in [-0.4, -0.2) is 15.1 Å². The molecule has 2 unspecified atom stereocenters. The van der Waals surface area contributed by atoms with Crippen molar-refractivity contribution in [2.75, 3.05) is 0 Å². The topological polar surface area (TPSA) is 23.1 Å². The maximum atomic E-state index is 12.4. The molecule has 0 saturated heterocycles. The van der Waals surface area contributed by atoms with Crippen LogP contribution in [0.1, 0.15) is 105 Å². The molecule has 0 bridgehead atoms. The van der Waals surface area contributed by atoms with E-state index in [1.807, 2.05) is 0 Å². The highest BCUT2D eigenvalue weighted by molar-refractivity contribution is 7.92. The van der Waals surface area contributed by atoms with Crippen LogP contribution in [0.15, 0.2) is 0 Å². The Kier molecular flexibility index (Phi) is 14.5. The van der Waals surface area contributed by atoms with E-state index in [0.717, 1.165) is 12.8 Å². The minimum atomic E-state index is -0.624. The van der Waals surface area contributed by atoms with Crippen LogP contribution in [0.5, 0.6) is 0 Å². The predicted octanol–water partition coefficient (Wildman–Crippen LogP) is 6.23. The van der Waals surface area contributed by atoms with E-state index in [4.69, 9.17) is 0 Å². The summed E-state index contributed by atoms with van der Waals surface area (Å²) in [7, 11) is 0. The smallest absolute Gasteiger partial charge is 0.113 e. The summed E-state index contributed by atoms with van der Waals surface area (Å²) < 4.78 is 12.4. The van der Waals surface area contributed by atoms with Gasteiger partial charge in [0.2, 0.25) is 0 Å². The van der Waals surface area contributed by atoms with Crippen molar-refractivity contribution in [3.63, 3.8) is 0 Å². The van der Waals surface area contributed by atoms with Crippen molar-refractivity contribution in [3.05, 3.63) is 0 Å². The first-order chi connectivity index (χ1) is 9.63. The van der Waals surface area contributed by atoms with E-state index in [1.165, 1.54) is 64.2 Å². The Morgan fingerprint density at radius 3 is 1.35 bits per heavy atom. The van der Waals surface area contributed by atoms with Crippen molar-refractivity contribution in [2.24, 2.45) is 0 Å². The molecule has 122 valence electrons. The normalized spacial score (nSPS) is 16.1. The van der Waals surface area contributed by atoms with Crippen molar-refractivity contribution in [1.29, 1.82) is 0 Å². The lowest BCUT2D eigenvalue weighted by molar-refractivity contribution is 0.534. The van der Waals surface area contributed by atoms with Gasteiger partial charge < -0.3 is 4.55 Å². The molecule has 0 spiro atoms. The molecule has 0 saturated carbocycles. The molecule has 0 rings (SSSR count). The Labute approximate surface area is 131 Å². The maximum absolute atomic E-state index is 12.4. The third kappa shape index (κ3) is 11.0. The van der Waals surface area contributed by atoms with Crippen LogP contribution in [0.25, 0.3) is 0 Å². The summed E-state index contributed by atoms with van der Waals surface area (Å²) in [5.41, 5.74) is 0. The Bertz CT molecular complexity index is 176. The molecule has 0 amide bonds. The first-order valence-electron chi connectivity index (χ1n) is 9.02. The van der Waals surface area contributed by atoms with Crippen LogP contribution in [-0.2, 0) is 11.2 Å². The van der Waals surface area contributed by atoms with E-state index in [2.05, 4.69) is 27.7 Å². The fourth-order valence-corrected chi connectivity index (χ4v) is 4.29. The van der Waals surface area contributed by atoms with E-state index in [0.29, 0.717) is 10.5 Å². The second kappa shape index (κ2) is 14.3. The molecule has 0 radical (unpaired) electrons. The summed E-state index contributed by atoms with van der Waals surface area (Å²) in [4.78, 5) is 0. The molecule has 0 N–H and O–H groups in total. The van der Waals surface area contributed by atoms with E-state index in [9.17, 15) is 4.55 Å². The number of rotatable bonds is 14. The van der Waals surface area contributed by atoms with Gasteiger partial charge in [0.25, 0.3) is 0 Å². The molecule has 20 heavy (non-hydrogen) atoms. The Morgan fingerprint density at radius 2 is 1.00 bits per heavy atom. The average molecular weight is 303 g/mol. The van der Waals surface area contributed by atoms with Gasteiger partial charge in [-0.3, -0.25) is 0 Å². The van der Waals surface area contributed by atoms with Gasteiger partial charge in [-0.25, -0.2) is 0 Å². The largest absolute Gasteiger partial charge is 0.616 e. The van der Waals surface area contributed by atoms with Crippen molar-refractivity contribution >= 4 is 11.2 Å². The number of hydrogen-bond acceptors (Lipinski definition) is 1. The van der Waals surface area contributed by atoms with Crippen LogP contribution in [0.2, 0.25) is 0 Å². The monoisotopic (exact) mass is 302 g/mol. The van der Waals surface area contributed by atoms with Gasteiger partial charge in [0.05, 0.1) is 0 Å². The lowest BCUT2D eigenvalue weighted by Gasteiger charge is -2.24. The second-order valence-corrected chi connectivity index (χ2v) is 8.62. The second-order valence-electron chi connectivity index (χ2n) is 6.36. The number of hydrogen-bond donors (Lipinski definition) is 0. The number of unbranched alkanes of at least 4 members (excludes halogenated alkanes) is 8. The lowest BCUT2D eigenvalue weighted by Crippen LogP contribution is -2.28. The van der Waals surface area contributed by atoms with Crippen LogP contribution in [0.4, 0.5) is 0 Å². The summed E-state index contributed by atoms with van der Waals surface area (Å²) in [6.07, 6.45) is 15.5. The Hall–Kier alpha value is 0.310. The van der Waals surface area contributed by atoms with Crippen LogP contribution in [0.3, 0.4) is 0 Å². The van der Waals surface area contributed by atoms with Crippen molar-refractivity contribution in [1.82, 2.24) is 0 Å². The standard InChI is InChI=1S/C18H38OS/c1-5-7-9-11-13-15-17(3)20(19)18(4)16-14-12-10-8-6-2/h17-18H,5-16H2,1-4H3. The van der Waals surface area contributed by atoms with Gasteiger partial charge in [0.15, 0.2) is 0 Å². The van der Waals surface area contributed by atoms with Gasteiger partial charge in [-0.15, -0.1) is 0 Å². The van der Waals surface area contributed by atoms with Gasteiger partial charge in [0, 0.05) is 0 Å². The van der Waals surface area contributed by atoms with Crippen LogP contribution in [0, 0.1) is 0 Å². The summed E-state index contributed by atoms with van der Waals surface area (Å²) >= 11 is -0.624. The van der Waals surface area contributed by atoms with Crippen LogP contribution < -0.4 is 0 Å². The highest BCUT2D eigenvalue weighted by atomic mass is 32.2. The summed E-state index contributed by atoms with van der Waals surface area (Å²) in [5.74, 6) is 0. The summed E-state index contributed by atoms with van der Waals surface area (Å²) in [5, 5.41) is 0.782. The van der Waals surface area contributed by atoms with Crippen molar-refractivity contribution in [3.8, 4) is 0 Å². The molecule has 2 atom stereocenters. The molecular weight excluding hydrogens is 264 g/mol. The zero-order valence-corrected chi connectivity index (χ0v) is 15.3. The van der Waals surface area contributed by atoms with E-state index >= 15 is 0 Å². The molecule has 0 fully saturated rings. The van der Waals surface area contributed by atoms with Crippen molar-refractivity contribution in [2.45, 2.75) is 115 Å². The fourth-order valence-electron chi connectivity index (χ4n) is 2.70. The van der Waals surface area contributed by atoms with Gasteiger partial charge in [-0.2, -0.15) is 0 Å². The Balaban J connectivity index is 3.61. The molecule has 0 aromatic carbocycles. The molecule has 2 heteroatoms. The molecule has 0 aromatic rings. The third-order valence-electron chi connectivity index (χ3n) is 4.22. The third-order valence-corrected chi connectivity index (χ3v) is 6.28. The zero-order valence-electron chi connectivity index (χ0n) is 14.5. The highest BCUT2D eigenvalue weighted by Gasteiger charge is 2.23. The molecule has 1 nitrogen and oxygen atoms in total. The Morgan fingerprint density at radius 1 is 0.650 bits per heavy atom. The minimum Gasteiger partial charge on any atom is -0.616 e. The zero-order chi connectivity index (χ0) is 15.2. The van der Waals surface area contributed by atoms with Gasteiger partial charge in [-0.1, -0.05) is 65.2 Å². The SMILES string of the molecule is CCCCCCCC(C)[S+]([O-])C(C)CCCCCCC. The molecule has 0 aliphatic rings. The fraction of sp³-hybridized carbons (Fsp3) is 1.00. The predicted molar refractivity (Wildman–Crippen MR) is 93.8 cm³/mol. The van der Waals surface area contributed by atoms with E-state index in [-0.39, 0.29) is 0 Å². The first kappa shape index (κ1) is 20.3. The summed E-state index contributed by atoms with van der Waals surface area (Å²) in [6.45, 7) is 8.87. The lowest BCUT2D eigenvalue weighted by atomic mass is 10.1. The van der Waals surface area contributed by atoms with Gasteiger partial charge in [-0.05, 0) is 50.7 Å². The quantitative estimate of drug-likeness (QED) is 0.275. The van der Waals surface area contributed by atoms with Crippen LogP contribution >= 0.6 is 0 Å². The maximum Gasteiger partial charge on any atom is 0.113 e. The molecular formula is C18H38OS. The molecule has 0 aliphatic carbocycles. The first-order valence-corrected chi connectivity index (χ1v) is 10.3. The highest BCUT2D eigenvalue weighted by Crippen LogP contribution is 2.20. The van der Waals surface area contributed by atoms with Crippen molar-refractivity contribution < 1.29 is 4.55 Å².